The summed E-state index contributed by atoms with van der Waals surface area (Å²) in [6, 6.07) is 31.6. The topological polar surface area (TPSA) is 21.7 Å². The molecule has 0 aliphatic carbocycles. The molecule has 0 saturated carbocycles. The highest BCUT2D eigenvalue weighted by Gasteiger charge is 2.28. The first kappa shape index (κ1) is 20.8. The van der Waals surface area contributed by atoms with E-state index in [1.165, 1.54) is 16.7 Å². The van der Waals surface area contributed by atoms with E-state index >= 15 is 0 Å². The highest BCUT2D eigenvalue weighted by atomic mass is 16.5. The number of rotatable bonds is 9. The monoisotopic (exact) mass is 401 g/mol. The molecule has 0 radical (unpaired) electrons. The van der Waals surface area contributed by atoms with Crippen LogP contribution in [-0.2, 0) is 29.2 Å². The lowest BCUT2D eigenvalue weighted by Crippen LogP contribution is -2.45. The van der Waals surface area contributed by atoms with Crippen molar-refractivity contribution in [2.75, 3.05) is 19.7 Å². The number of hydrogen-bond donors (Lipinski definition) is 0. The zero-order valence-corrected chi connectivity index (χ0v) is 17.5. The molecule has 156 valence electrons. The van der Waals surface area contributed by atoms with Crippen LogP contribution >= 0.6 is 0 Å². The van der Waals surface area contributed by atoms with Crippen LogP contribution < -0.4 is 0 Å². The Bertz CT molecular complexity index is 854. The van der Waals surface area contributed by atoms with Gasteiger partial charge in [0.2, 0.25) is 0 Å². The normalized spacial score (nSPS) is 19.6. The van der Waals surface area contributed by atoms with Crippen LogP contribution in [-0.4, -0.2) is 30.7 Å². The summed E-state index contributed by atoms with van der Waals surface area (Å²) in [5, 5.41) is 0. The van der Waals surface area contributed by atoms with E-state index in [4.69, 9.17) is 9.47 Å². The van der Waals surface area contributed by atoms with Gasteiger partial charge in [0, 0.05) is 19.6 Å². The molecule has 1 aliphatic heterocycles. The van der Waals surface area contributed by atoms with Crippen molar-refractivity contribution in [2.24, 2.45) is 5.92 Å². The van der Waals surface area contributed by atoms with E-state index in [-0.39, 0.29) is 6.10 Å². The third-order valence-electron chi connectivity index (χ3n) is 5.62. The second kappa shape index (κ2) is 11.1. The maximum absolute atomic E-state index is 6.33. The smallest absolute Gasteiger partial charge is 0.0721 e. The molecule has 0 aromatic heterocycles. The van der Waals surface area contributed by atoms with Gasteiger partial charge in [-0.1, -0.05) is 91.0 Å². The van der Waals surface area contributed by atoms with Crippen molar-refractivity contribution in [3.63, 3.8) is 0 Å². The lowest BCUT2D eigenvalue weighted by Gasteiger charge is -2.37. The van der Waals surface area contributed by atoms with Gasteiger partial charge in [-0.3, -0.25) is 4.90 Å². The Kier molecular flexibility index (Phi) is 7.68. The Morgan fingerprint density at radius 2 is 1.23 bits per heavy atom. The van der Waals surface area contributed by atoms with Gasteiger partial charge in [0.05, 0.1) is 25.9 Å². The van der Waals surface area contributed by atoms with Crippen molar-refractivity contribution >= 4 is 0 Å². The minimum Gasteiger partial charge on any atom is -0.376 e. The molecular formula is C27H31NO2. The summed E-state index contributed by atoms with van der Waals surface area (Å²) in [6.45, 7) is 5.09. The molecule has 3 aromatic carbocycles. The van der Waals surface area contributed by atoms with Crippen LogP contribution in [0.2, 0.25) is 0 Å². The molecule has 0 N–H and O–H groups in total. The van der Waals surface area contributed by atoms with Gasteiger partial charge in [0.15, 0.2) is 0 Å². The number of piperidine rings is 1. The molecule has 1 heterocycles. The number of benzene rings is 3. The summed E-state index contributed by atoms with van der Waals surface area (Å²) in [5.74, 6) is 0.479. The summed E-state index contributed by atoms with van der Waals surface area (Å²) in [7, 11) is 0. The molecule has 1 fully saturated rings. The molecule has 3 aromatic rings. The maximum Gasteiger partial charge on any atom is 0.0721 e. The van der Waals surface area contributed by atoms with Crippen LogP contribution in [0, 0.1) is 5.92 Å². The van der Waals surface area contributed by atoms with Gasteiger partial charge < -0.3 is 9.47 Å². The van der Waals surface area contributed by atoms with Crippen molar-refractivity contribution in [1.82, 2.24) is 4.90 Å². The minimum absolute atomic E-state index is 0.230. The van der Waals surface area contributed by atoms with Gasteiger partial charge in [0.1, 0.15) is 0 Å². The Labute approximate surface area is 180 Å². The van der Waals surface area contributed by atoms with E-state index in [9.17, 15) is 0 Å². The average molecular weight is 402 g/mol. The molecule has 4 rings (SSSR count). The van der Waals surface area contributed by atoms with Crippen LogP contribution in [0.25, 0.3) is 0 Å². The predicted octanol–water partition coefficient (Wildman–Crippen LogP) is 5.31. The molecule has 2 atom stereocenters. The Morgan fingerprint density at radius 3 is 1.87 bits per heavy atom. The van der Waals surface area contributed by atoms with Gasteiger partial charge in [-0.2, -0.15) is 0 Å². The number of ether oxygens (including phenoxy) is 2. The molecule has 0 amide bonds. The average Bonchev–Trinajstić information content (AvgIpc) is 2.80. The van der Waals surface area contributed by atoms with Gasteiger partial charge in [-0.25, -0.2) is 0 Å². The molecule has 30 heavy (non-hydrogen) atoms. The zero-order valence-electron chi connectivity index (χ0n) is 17.5. The van der Waals surface area contributed by atoms with E-state index in [2.05, 4.69) is 83.8 Å². The first-order valence-electron chi connectivity index (χ1n) is 10.9. The Balaban J connectivity index is 1.34. The van der Waals surface area contributed by atoms with Crippen molar-refractivity contribution < 1.29 is 9.47 Å². The minimum atomic E-state index is 0.230. The summed E-state index contributed by atoms with van der Waals surface area (Å²) in [5.41, 5.74) is 3.81. The fourth-order valence-corrected chi connectivity index (χ4v) is 4.17. The van der Waals surface area contributed by atoms with Gasteiger partial charge in [0.25, 0.3) is 0 Å². The number of likely N-dealkylation sites (tertiary alicyclic amines) is 1. The lowest BCUT2D eigenvalue weighted by atomic mass is 9.96. The van der Waals surface area contributed by atoms with Crippen LogP contribution in [0.5, 0.6) is 0 Å². The maximum atomic E-state index is 6.33. The molecule has 2 unspecified atom stereocenters. The molecule has 3 nitrogen and oxygen atoms in total. The number of hydrogen-bond acceptors (Lipinski definition) is 3. The second-order valence-corrected chi connectivity index (χ2v) is 8.20. The number of nitrogens with zero attached hydrogens (tertiary/aromatic N) is 1. The van der Waals surface area contributed by atoms with Crippen molar-refractivity contribution in [2.45, 2.75) is 32.3 Å². The molecule has 0 bridgehead atoms. The first-order valence-corrected chi connectivity index (χ1v) is 10.9. The van der Waals surface area contributed by atoms with Crippen LogP contribution in [0.4, 0.5) is 0 Å². The van der Waals surface area contributed by atoms with Gasteiger partial charge >= 0.3 is 0 Å². The predicted molar refractivity (Wildman–Crippen MR) is 121 cm³/mol. The van der Waals surface area contributed by atoms with Crippen molar-refractivity contribution in [3.8, 4) is 0 Å². The second-order valence-electron chi connectivity index (χ2n) is 8.20. The van der Waals surface area contributed by atoms with Crippen LogP contribution in [0.3, 0.4) is 0 Å². The fraction of sp³-hybridized carbons (Fsp3) is 0.333. The summed E-state index contributed by atoms with van der Waals surface area (Å²) in [6.07, 6.45) is 1.28. The van der Waals surface area contributed by atoms with E-state index in [0.29, 0.717) is 19.1 Å². The fourth-order valence-electron chi connectivity index (χ4n) is 4.17. The van der Waals surface area contributed by atoms with E-state index in [1.54, 1.807) is 0 Å². The molecule has 3 heteroatoms. The molecule has 0 spiro atoms. The van der Waals surface area contributed by atoms with Crippen LogP contribution in [0.15, 0.2) is 91.0 Å². The third kappa shape index (κ3) is 6.53. The third-order valence-corrected chi connectivity index (χ3v) is 5.62. The molecule has 1 aliphatic rings. The Morgan fingerprint density at radius 1 is 0.667 bits per heavy atom. The lowest BCUT2D eigenvalue weighted by molar-refractivity contribution is -0.0489. The summed E-state index contributed by atoms with van der Waals surface area (Å²) < 4.78 is 12.4. The van der Waals surface area contributed by atoms with E-state index in [0.717, 1.165) is 32.7 Å². The Hall–Kier alpha value is -2.46. The van der Waals surface area contributed by atoms with Crippen LogP contribution in [0.1, 0.15) is 23.1 Å². The SMILES string of the molecule is c1ccc(COCC2CC(OCc3ccccc3)CN(Cc3ccccc3)C2)cc1. The summed E-state index contributed by atoms with van der Waals surface area (Å²) >= 11 is 0. The first-order chi connectivity index (χ1) is 14.8. The highest BCUT2D eigenvalue weighted by molar-refractivity contribution is 5.15. The van der Waals surface area contributed by atoms with Crippen molar-refractivity contribution in [1.29, 1.82) is 0 Å². The summed E-state index contributed by atoms with van der Waals surface area (Å²) in [4.78, 5) is 2.52. The van der Waals surface area contributed by atoms with Gasteiger partial charge in [-0.15, -0.1) is 0 Å². The standard InChI is InChI=1S/C27H31NO2/c1-4-10-23(11-5-1)17-28-18-26(21-29-20-24-12-6-2-7-13-24)16-27(19-28)30-22-25-14-8-3-9-15-25/h1-15,26-27H,16-22H2. The molecule has 1 saturated heterocycles. The quantitative estimate of drug-likeness (QED) is 0.485. The molecular weight excluding hydrogens is 370 g/mol. The van der Waals surface area contributed by atoms with Gasteiger partial charge in [-0.05, 0) is 29.0 Å². The zero-order chi connectivity index (χ0) is 20.4. The largest absolute Gasteiger partial charge is 0.376 e. The van der Waals surface area contributed by atoms with Crippen molar-refractivity contribution in [3.05, 3.63) is 108 Å². The highest BCUT2D eigenvalue weighted by Crippen LogP contribution is 2.23. The van der Waals surface area contributed by atoms with E-state index < -0.39 is 0 Å². The van der Waals surface area contributed by atoms with E-state index in [1.807, 2.05) is 12.1 Å².